The maximum absolute atomic E-state index is 12.2. The molecule has 0 bridgehead atoms. The first-order valence-electron chi connectivity index (χ1n) is 8.68. The molecule has 0 saturated heterocycles. The minimum Gasteiger partial charge on any atom is -0.497 e. The van der Waals surface area contributed by atoms with Crippen molar-refractivity contribution in [2.45, 2.75) is 13.5 Å². The fraction of sp³-hybridized carbons (Fsp3) is 0.250. The fourth-order valence-corrected chi connectivity index (χ4v) is 2.69. The average Bonchev–Trinajstić information content (AvgIpc) is 3.10. The molecule has 1 heterocycles. The summed E-state index contributed by atoms with van der Waals surface area (Å²) in [6, 6.07) is 15.1. The van der Waals surface area contributed by atoms with E-state index >= 15 is 0 Å². The molecule has 140 valence electrons. The average molecular weight is 367 g/mol. The van der Waals surface area contributed by atoms with E-state index in [0.29, 0.717) is 18.3 Å². The molecule has 1 amide bonds. The number of nitrogens with zero attached hydrogens (tertiary/aromatic N) is 2. The van der Waals surface area contributed by atoms with Gasteiger partial charge in [0.05, 0.1) is 14.2 Å². The Morgan fingerprint density at radius 2 is 1.96 bits per heavy atom. The molecule has 0 aliphatic heterocycles. The Hall–Kier alpha value is -3.19. The number of ether oxygens (including phenoxy) is 1. The number of methoxy groups -OCH3 is 1. The summed E-state index contributed by atoms with van der Waals surface area (Å²) >= 11 is 0. The number of nitrogens with one attached hydrogen (secondary N) is 2. The fourth-order valence-electron chi connectivity index (χ4n) is 2.69. The number of aryl methyl sites for hydroxylation is 1. The monoisotopic (exact) mass is 367 g/mol. The van der Waals surface area contributed by atoms with E-state index in [0.717, 1.165) is 27.5 Å². The van der Waals surface area contributed by atoms with Crippen molar-refractivity contribution in [3.05, 3.63) is 60.0 Å². The lowest BCUT2D eigenvalue weighted by molar-refractivity contribution is -0.886. The summed E-state index contributed by atoms with van der Waals surface area (Å²) in [5.41, 5.74) is 2.75. The van der Waals surface area contributed by atoms with Crippen molar-refractivity contribution >= 4 is 11.6 Å². The first kappa shape index (κ1) is 18.6. The third kappa shape index (κ3) is 5.15. The van der Waals surface area contributed by atoms with Crippen LogP contribution in [0.15, 0.2) is 52.9 Å². The third-order valence-corrected chi connectivity index (χ3v) is 4.02. The first-order valence-corrected chi connectivity index (χ1v) is 8.68. The number of quaternary nitrogens is 1. The van der Waals surface area contributed by atoms with Crippen molar-refractivity contribution < 1.29 is 18.8 Å². The van der Waals surface area contributed by atoms with Gasteiger partial charge in [0.15, 0.2) is 13.1 Å². The summed E-state index contributed by atoms with van der Waals surface area (Å²) in [6.45, 7) is 2.77. The molecule has 2 N–H and O–H groups in total. The molecular formula is C20H23N4O3+. The lowest BCUT2D eigenvalue weighted by Gasteiger charge is -2.12. The molecule has 0 saturated carbocycles. The van der Waals surface area contributed by atoms with Crippen LogP contribution in [0.4, 0.5) is 5.69 Å². The van der Waals surface area contributed by atoms with Crippen LogP contribution in [0, 0.1) is 6.92 Å². The van der Waals surface area contributed by atoms with Crippen LogP contribution in [0.3, 0.4) is 0 Å². The van der Waals surface area contributed by atoms with Gasteiger partial charge >= 0.3 is 0 Å². The Morgan fingerprint density at radius 3 is 2.67 bits per heavy atom. The third-order valence-electron chi connectivity index (χ3n) is 4.02. The number of carbonyl (C=O) groups is 1. The number of likely N-dealkylation sites (N-methyl/N-ethyl adjacent to an activating group) is 1. The molecule has 0 spiro atoms. The van der Waals surface area contributed by atoms with Gasteiger partial charge < -0.3 is 19.4 Å². The van der Waals surface area contributed by atoms with Crippen molar-refractivity contribution in [2.24, 2.45) is 0 Å². The second-order valence-corrected chi connectivity index (χ2v) is 6.46. The highest BCUT2D eigenvalue weighted by molar-refractivity contribution is 5.91. The van der Waals surface area contributed by atoms with Gasteiger partial charge in [0.2, 0.25) is 5.89 Å². The molecule has 1 unspecified atom stereocenters. The van der Waals surface area contributed by atoms with E-state index in [4.69, 9.17) is 9.15 Å². The van der Waals surface area contributed by atoms with Crippen LogP contribution in [0.25, 0.3) is 11.5 Å². The molecule has 1 aromatic heterocycles. The van der Waals surface area contributed by atoms with Gasteiger partial charge in [0, 0.05) is 11.3 Å². The molecule has 3 rings (SSSR count). The molecule has 3 aromatic rings. The van der Waals surface area contributed by atoms with Gasteiger partial charge in [-0.05, 0) is 43.3 Å². The van der Waals surface area contributed by atoms with Crippen LogP contribution in [0.2, 0.25) is 0 Å². The Kier molecular flexibility index (Phi) is 5.83. The molecule has 7 heteroatoms. The van der Waals surface area contributed by atoms with Gasteiger partial charge in [-0.2, -0.15) is 0 Å². The Morgan fingerprint density at radius 1 is 1.19 bits per heavy atom. The van der Waals surface area contributed by atoms with Crippen LogP contribution < -0.4 is 15.0 Å². The van der Waals surface area contributed by atoms with E-state index in [9.17, 15) is 4.79 Å². The molecule has 0 aliphatic rings. The number of amides is 1. The number of carbonyl (C=O) groups excluding carboxylic acids is 1. The van der Waals surface area contributed by atoms with E-state index in [1.54, 1.807) is 31.4 Å². The van der Waals surface area contributed by atoms with Crippen molar-refractivity contribution in [3.8, 4) is 17.2 Å². The van der Waals surface area contributed by atoms with Crippen molar-refractivity contribution in [3.63, 3.8) is 0 Å². The number of benzene rings is 2. The maximum Gasteiger partial charge on any atom is 0.279 e. The van der Waals surface area contributed by atoms with Crippen LogP contribution in [-0.2, 0) is 11.3 Å². The molecule has 7 nitrogen and oxygen atoms in total. The minimum absolute atomic E-state index is 0.0870. The maximum atomic E-state index is 12.2. The molecule has 0 aliphatic carbocycles. The SMILES string of the molecule is COc1ccc(NC(=O)C[NH+](C)Cc2nnc(-c3cccc(C)c3)o2)cc1. The summed E-state index contributed by atoms with van der Waals surface area (Å²) in [7, 11) is 3.51. The number of anilines is 1. The van der Waals surface area contributed by atoms with Gasteiger partial charge in [0.25, 0.3) is 11.8 Å². The predicted molar refractivity (Wildman–Crippen MR) is 102 cm³/mol. The highest BCUT2D eigenvalue weighted by Crippen LogP contribution is 2.18. The lowest BCUT2D eigenvalue weighted by atomic mass is 10.1. The zero-order valence-electron chi connectivity index (χ0n) is 15.7. The second kappa shape index (κ2) is 8.46. The standard InChI is InChI=1S/C20H22N4O3/c1-14-5-4-6-15(11-14)20-23-22-19(27-20)13-24(2)12-18(25)21-16-7-9-17(26-3)10-8-16/h4-11H,12-13H2,1-3H3,(H,21,25)/p+1. The summed E-state index contributed by atoms with van der Waals surface area (Å²) in [4.78, 5) is 13.1. The van der Waals surface area contributed by atoms with Crippen LogP contribution in [-0.4, -0.2) is 36.8 Å². The largest absolute Gasteiger partial charge is 0.497 e. The van der Waals surface area contributed by atoms with E-state index in [1.165, 1.54) is 0 Å². The summed E-state index contributed by atoms with van der Waals surface area (Å²) in [5.74, 6) is 1.65. The summed E-state index contributed by atoms with van der Waals surface area (Å²) < 4.78 is 10.8. The number of rotatable bonds is 7. The van der Waals surface area contributed by atoms with Crippen LogP contribution in [0.1, 0.15) is 11.5 Å². The van der Waals surface area contributed by atoms with Gasteiger partial charge in [-0.25, -0.2) is 0 Å². The van der Waals surface area contributed by atoms with E-state index in [-0.39, 0.29) is 12.5 Å². The molecule has 1 atom stereocenters. The predicted octanol–water partition coefficient (Wildman–Crippen LogP) is 1.71. The van der Waals surface area contributed by atoms with E-state index < -0.39 is 0 Å². The molecule has 27 heavy (non-hydrogen) atoms. The van der Waals surface area contributed by atoms with E-state index in [2.05, 4.69) is 15.5 Å². The van der Waals surface area contributed by atoms with Crippen molar-refractivity contribution in [2.75, 3.05) is 26.0 Å². The summed E-state index contributed by atoms with van der Waals surface area (Å²) in [6.07, 6.45) is 0. The normalized spacial score (nSPS) is 11.8. The van der Waals surface area contributed by atoms with Crippen molar-refractivity contribution in [1.82, 2.24) is 10.2 Å². The van der Waals surface area contributed by atoms with Crippen LogP contribution in [0.5, 0.6) is 5.75 Å². The Balaban J connectivity index is 1.54. The molecular weight excluding hydrogens is 344 g/mol. The second-order valence-electron chi connectivity index (χ2n) is 6.46. The van der Waals surface area contributed by atoms with Gasteiger partial charge in [-0.1, -0.05) is 17.7 Å². The topological polar surface area (TPSA) is 81.7 Å². The minimum atomic E-state index is -0.0870. The highest BCUT2D eigenvalue weighted by atomic mass is 16.5. The molecule has 2 aromatic carbocycles. The smallest absolute Gasteiger partial charge is 0.279 e. The number of hydrogen-bond acceptors (Lipinski definition) is 5. The highest BCUT2D eigenvalue weighted by Gasteiger charge is 2.16. The Bertz CT molecular complexity index is 906. The van der Waals surface area contributed by atoms with Gasteiger partial charge in [-0.3, -0.25) is 4.79 Å². The van der Waals surface area contributed by atoms with Gasteiger partial charge in [0.1, 0.15) is 5.75 Å². The lowest BCUT2D eigenvalue weighted by Crippen LogP contribution is -3.08. The molecule has 0 fully saturated rings. The van der Waals surface area contributed by atoms with Crippen LogP contribution >= 0.6 is 0 Å². The zero-order valence-corrected chi connectivity index (χ0v) is 15.7. The van der Waals surface area contributed by atoms with Crippen molar-refractivity contribution in [1.29, 1.82) is 0 Å². The van der Waals surface area contributed by atoms with E-state index in [1.807, 2.05) is 38.2 Å². The summed E-state index contributed by atoms with van der Waals surface area (Å²) in [5, 5.41) is 11.1. The molecule has 0 radical (unpaired) electrons. The first-order chi connectivity index (χ1) is 13.0. The zero-order chi connectivity index (χ0) is 19.2. The number of aromatic nitrogens is 2. The van der Waals surface area contributed by atoms with Gasteiger partial charge in [-0.15, -0.1) is 10.2 Å². The quantitative estimate of drug-likeness (QED) is 0.664. The Labute approximate surface area is 158 Å². The number of hydrogen-bond donors (Lipinski definition) is 2.